The summed E-state index contributed by atoms with van der Waals surface area (Å²) in [5.41, 5.74) is 5.50. The number of nitrogens with zero attached hydrogens (tertiary/aromatic N) is 3. The van der Waals surface area contributed by atoms with Gasteiger partial charge in [-0.25, -0.2) is 14.8 Å². The molecule has 278 valence electrons. The summed E-state index contributed by atoms with van der Waals surface area (Å²) < 4.78 is 4.77. The Morgan fingerprint density at radius 1 is 0.887 bits per heavy atom. The molecule has 1 aliphatic carbocycles. The van der Waals surface area contributed by atoms with E-state index in [2.05, 4.69) is 72.5 Å². The Morgan fingerprint density at radius 3 is 2.34 bits per heavy atom. The van der Waals surface area contributed by atoms with E-state index in [0.29, 0.717) is 23.3 Å². The molecule has 0 spiro atoms. The van der Waals surface area contributed by atoms with Crippen molar-refractivity contribution >= 4 is 51.2 Å². The predicted octanol–water partition coefficient (Wildman–Crippen LogP) is 9.22. The second-order valence-electron chi connectivity index (χ2n) is 15.6. The molecule has 1 saturated heterocycles. The normalized spacial score (nSPS) is 20.1. The SMILES string of the molecule is COC(=O)N[C@H](C(=O)N1CCC[C@H]1c1ncc(-c2ccc3cc(-c4cc5nc([C@@H]6CCCC6C(=O)[C@@H](C)C(C)C)[nH]c5cc4Cl)ccc3c2)[nH]1)C(C)C. The fourth-order valence-corrected chi connectivity index (χ4v) is 8.44. The van der Waals surface area contributed by atoms with Crippen molar-refractivity contribution in [3.8, 4) is 22.4 Å². The van der Waals surface area contributed by atoms with Crippen LogP contribution in [0.1, 0.15) is 90.3 Å². The van der Waals surface area contributed by atoms with Gasteiger partial charge in [-0.05, 0) is 78.1 Å². The van der Waals surface area contributed by atoms with Gasteiger partial charge in [-0.15, -0.1) is 0 Å². The highest BCUT2D eigenvalue weighted by Gasteiger charge is 2.39. The number of methoxy groups -OCH3 is 1. The Labute approximate surface area is 315 Å². The molecule has 1 unspecified atom stereocenters. The number of ether oxygens (including phenoxy) is 1. The maximum absolute atomic E-state index is 13.6. The zero-order chi connectivity index (χ0) is 37.6. The number of rotatable bonds is 10. The third kappa shape index (κ3) is 7.18. The van der Waals surface area contributed by atoms with E-state index in [1.54, 1.807) is 0 Å². The van der Waals surface area contributed by atoms with Crippen LogP contribution in [-0.4, -0.2) is 62.3 Å². The van der Waals surface area contributed by atoms with Crippen LogP contribution in [-0.2, 0) is 14.3 Å². The van der Waals surface area contributed by atoms with Crippen molar-refractivity contribution < 1.29 is 19.1 Å². The van der Waals surface area contributed by atoms with Crippen molar-refractivity contribution in [3.63, 3.8) is 0 Å². The molecule has 1 saturated carbocycles. The van der Waals surface area contributed by atoms with Crippen LogP contribution in [0.25, 0.3) is 44.2 Å². The van der Waals surface area contributed by atoms with E-state index >= 15 is 0 Å². The van der Waals surface area contributed by atoms with Crippen molar-refractivity contribution in [2.24, 2.45) is 23.7 Å². The highest BCUT2D eigenvalue weighted by Crippen LogP contribution is 2.42. The number of carbonyl (C=O) groups excluding carboxylic acids is 3. The van der Waals surface area contributed by atoms with E-state index in [0.717, 1.165) is 87.9 Å². The third-order valence-electron chi connectivity index (χ3n) is 11.6. The summed E-state index contributed by atoms with van der Waals surface area (Å²) in [6, 6.07) is 15.7. The second-order valence-corrected chi connectivity index (χ2v) is 16.0. The molecule has 7 rings (SSSR count). The number of aromatic amines is 2. The Kier molecular flexibility index (Phi) is 10.4. The van der Waals surface area contributed by atoms with Crippen LogP contribution in [0.4, 0.5) is 4.79 Å². The van der Waals surface area contributed by atoms with Gasteiger partial charge < -0.3 is 24.9 Å². The molecule has 11 heteroatoms. The predicted molar refractivity (Wildman–Crippen MR) is 209 cm³/mol. The third-order valence-corrected chi connectivity index (χ3v) is 11.9. The number of carbonyl (C=O) groups is 3. The van der Waals surface area contributed by atoms with E-state index in [9.17, 15) is 14.4 Å². The van der Waals surface area contributed by atoms with E-state index in [4.69, 9.17) is 26.3 Å². The molecule has 53 heavy (non-hydrogen) atoms. The number of benzene rings is 3. The Bertz CT molecular complexity index is 2170. The summed E-state index contributed by atoms with van der Waals surface area (Å²) in [7, 11) is 1.30. The number of H-pyrrole nitrogens is 2. The molecule has 3 heterocycles. The highest BCUT2D eigenvalue weighted by molar-refractivity contribution is 6.34. The summed E-state index contributed by atoms with van der Waals surface area (Å²) >= 11 is 6.90. The van der Waals surface area contributed by atoms with Gasteiger partial charge in [0.2, 0.25) is 5.91 Å². The first-order valence-corrected chi connectivity index (χ1v) is 19.3. The molecule has 5 aromatic rings. The van der Waals surface area contributed by atoms with E-state index in [-0.39, 0.29) is 35.6 Å². The minimum Gasteiger partial charge on any atom is -0.453 e. The molecule has 2 aromatic heterocycles. The molecule has 2 amide bonds. The van der Waals surface area contributed by atoms with Gasteiger partial charge >= 0.3 is 6.09 Å². The Hall–Kier alpha value is -4.70. The van der Waals surface area contributed by atoms with Gasteiger partial charge in [0.05, 0.1) is 41.1 Å². The fraction of sp³-hybridized carbons (Fsp3) is 0.452. The van der Waals surface area contributed by atoms with Crippen LogP contribution in [0.5, 0.6) is 0 Å². The zero-order valence-electron chi connectivity index (χ0n) is 31.3. The largest absolute Gasteiger partial charge is 0.453 e. The molecule has 0 bridgehead atoms. The van der Waals surface area contributed by atoms with Crippen LogP contribution >= 0.6 is 11.6 Å². The number of aromatic nitrogens is 4. The number of halogens is 1. The van der Waals surface area contributed by atoms with Gasteiger partial charge in [0, 0.05) is 35.4 Å². The van der Waals surface area contributed by atoms with Crippen molar-refractivity contribution in [1.29, 1.82) is 0 Å². The number of fused-ring (bicyclic) bond motifs is 2. The molecule has 5 atom stereocenters. The van der Waals surface area contributed by atoms with Crippen molar-refractivity contribution in [1.82, 2.24) is 30.2 Å². The minimum absolute atomic E-state index is 0.00237. The van der Waals surface area contributed by atoms with Gasteiger partial charge in [0.25, 0.3) is 0 Å². The average molecular weight is 737 g/mol. The van der Waals surface area contributed by atoms with Gasteiger partial charge in [-0.2, -0.15) is 0 Å². The first-order chi connectivity index (χ1) is 25.4. The maximum Gasteiger partial charge on any atom is 0.407 e. The molecule has 2 aliphatic rings. The number of hydrogen-bond acceptors (Lipinski definition) is 6. The van der Waals surface area contributed by atoms with Crippen LogP contribution in [0, 0.1) is 23.7 Å². The molecule has 10 nitrogen and oxygen atoms in total. The van der Waals surface area contributed by atoms with Gasteiger partial charge in [-0.3, -0.25) is 9.59 Å². The smallest absolute Gasteiger partial charge is 0.407 e. The van der Waals surface area contributed by atoms with E-state index in [1.165, 1.54) is 7.11 Å². The van der Waals surface area contributed by atoms with E-state index < -0.39 is 12.1 Å². The molecule has 3 N–H and O–H groups in total. The topological polar surface area (TPSA) is 133 Å². The van der Waals surface area contributed by atoms with Gasteiger partial charge in [0.1, 0.15) is 23.5 Å². The lowest BCUT2D eigenvalue weighted by Gasteiger charge is -2.30. The fourth-order valence-electron chi connectivity index (χ4n) is 8.17. The van der Waals surface area contributed by atoms with Gasteiger partial charge in [0.15, 0.2) is 0 Å². The number of ketones is 1. The first-order valence-electron chi connectivity index (χ1n) is 18.9. The zero-order valence-corrected chi connectivity index (χ0v) is 32.1. The quantitative estimate of drug-likeness (QED) is 0.131. The lowest BCUT2D eigenvalue weighted by Crippen LogP contribution is -2.51. The van der Waals surface area contributed by atoms with Crippen LogP contribution in [0.2, 0.25) is 5.02 Å². The summed E-state index contributed by atoms with van der Waals surface area (Å²) in [4.78, 5) is 57.4. The Morgan fingerprint density at radius 2 is 1.62 bits per heavy atom. The average Bonchev–Trinajstić information content (AvgIpc) is 3.98. The molecule has 3 aromatic carbocycles. The monoisotopic (exact) mass is 736 g/mol. The molecule has 1 aliphatic heterocycles. The van der Waals surface area contributed by atoms with E-state index in [1.807, 2.05) is 37.1 Å². The van der Waals surface area contributed by atoms with Crippen LogP contribution in [0.15, 0.2) is 54.7 Å². The van der Waals surface area contributed by atoms with Crippen molar-refractivity contribution in [3.05, 3.63) is 71.4 Å². The maximum atomic E-state index is 13.6. The van der Waals surface area contributed by atoms with Crippen LogP contribution < -0.4 is 5.32 Å². The number of Topliss-reactive ketones (excluding diaryl/α,β-unsaturated/α-hetero) is 1. The molecule has 0 radical (unpaired) electrons. The second kappa shape index (κ2) is 15.0. The summed E-state index contributed by atoms with van der Waals surface area (Å²) in [5, 5.41) is 5.49. The highest BCUT2D eigenvalue weighted by atomic mass is 35.5. The number of hydrogen-bond donors (Lipinski definition) is 3. The molecular weight excluding hydrogens is 688 g/mol. The summed E-state index contributed by atoms with van der Waals surface area (Å²) in [5.74, 6) is 2.20. The lowest BCUT2D eigenvalue weighted by molar-refractivity contribution is -0.135. The number of likely N-dealkylation sites (tertiary alicyclic amines) is 1. The van der Waals surface area contributed by atoms with Crippen LogP contribution in [0.3, 0.4) is 0 Å². The minimum atomic E-state index is -0.684. The van der Waals surface area contributed by atoms with Gasteiger partial charge in [-0.1, -0.05) is 76.9 Å². The van der Waals surface area contributed by atoms with Crippen molar-refractivity contribution in [2.45, 2.75) is 84.7 Å². The number of imidazole rings is 2. The molecule has 2 fully saturated rings. The number of amides is 2. The first kappa shape index (κ1) is 36.6. The molecular formula is C42H49ClN6O4. The lowest BCUT2D eigenvalue weighted by atomic mass is 9.81. The number of alkyl carbamates (subject to hydrolysis) is 1. The Balaban J connectivity index is 1.10. The van der Waals surface area contributed by atoms with Crippen molar-refractivity contribution in [2.75, 3.05) is 13.7 Å². The summed E-state index contributed by atoms with van der Waals surface area (Å²) in [6.07, 6.45) is 5.75. The summed E-state index contributed by atoms with van der Waals surface area (Å²) in [6.45, 7) is 10.7. The number of nitrogens with one attached hydrogen (secondary N) is 3. The standard InChI is InChI=1S/C42H49ClN6O4/c1-22(2)24(5)38(50)29-9-7-10-30(29)39-45-33-19-31(32(43)20-34(33)46-39)27-14-12-26-18-28(15-13-25(26)17-27)35-21-44-40(47-35)36-11-8-16-49(36)41(51)37(23(3)4)48-42(52)53-6/h12-15,17-24,29-30,36-37H,7-11,16H2,1-6H3,(H,44,47)(H,45,46)(H,48,52)/t24-,29?,30+,36-,37-/m0/s1.